The summed E-state index contributed by atoms with van der Waals surface area (Å²) in [4.78, 5) is 26.7. The van der Waals surface area contributed by atoms with Crippen molar-refractivity contribution in [3.8, 4) is 0 Å². The molecule has 0 saturated carbocycles. The van der Waals surface area contributed by atoms with Crippen LogP contribution in [0.1, 0.15) is 0 Å². The van der Waals surface area contributed by atoms with Crippen molar-refractivity contribution in [1.29, 1.82) is 0 Å². The summed E-state index contributed by atoms with van der Waals surface area (Å²) >= 11 is 5.86. The molecule has 1 aromatic rings. The van der Waals surface area contributed by atoms with Gasteiger partial charge < -0.3 is 10.6 Å². The van der Waals surface area contributed by atoms with Crippen molar-refractivity contribution < 1.29 is 9.59 Å². The number of halogens is 1. The highest BCUT2D eigenvalue weighted by atomic mass is 35.5. The lowest BCUT2D eigenvalue weighted by Gasteiger charge is -2.23. The Kier molecular flexibility index (Phi) is 3.55. The number of amides is 2. The summed E-state index contributed by atoms with van der Waals surface area (Å²) in [7, 11) is 0. The van der Waals surface area contributed by atoms with Crippen LogP contribution < -0.4 is 16.0 Å². The van der Waals surface area contributed by atoms with E-state index in [1.165, 1.54) is 6.20 Å². The Morgan fingerprint density at radius 1 is 1.59 bits per heavy atom. The summed E-state index contributed by atoms with van der Waals surface area (Å²) in [6, 6.07) is 2.85. The summed E-state index contributed by atoms with van der Waals surface area (Å²) in [6.07, 6.45) is 1.54. The third-order valence-electron chi connectivity index (χ3n) is 2.33. The predicted molar refractivity (Wildman–Crippen MR) is 62.7 cm³/mol. The van der Waals surface area contributed by atoms with Gasteiger partial charge in [0.25, 0.3) is 0 Å². The van der Waals surface area contributed by atoms with Crippen molar-refractivity contribution in [2.45, 2.75) is 6.04 Å². The molecule has 7 heteroatoms. The van der Waals surface area contributed by atoms with Crippen LogP contribution in [0.15, 0.2) is 18.3 Å². The van der Waals surface area contributed by atoms with E-state index in [0.29, 0.717) is 10.8 Å². The second-order valence-corrected chi connectivity index (χ2v) is 3.97. The molecule has 1 saturated heterocycles. The molecule has 3 N–H and O–H groups in total. The molecule has 0 aliphatic carbocycles. The molecule has 1 atom stereocenters. The van der Waals surface area contributed by atoms with Gasteiger partial charge in [-0.3, -0.25) is 14.9 Å². The van der Waals surface area contributed by atoms with Crippen LogP contribution in [-0.4, -0.2) is 35.9 Å². The minimum Gasteiger partial charge on any atom is -0.353 e. The van der Waals surface area contributed by atoms with E-state index in [4.69, 9.17) is 11.6 Å². The Bertz CT molecular complexity index is 442. The third kappa shape index (κ3) is 2.92. The molecule has 2 amide bonds. The SMILES string of the molecule is O=C1CNC(C(=O)Nc2ncccc2Cl)CN1. The highest BCUT2D eigenvalue weighted by Crippen LogP contribution is 2.17. The normalized spacial score (nSPS) is 19.6. The van der Waals surface area contributed by atoms with Crippen molar-refractivity contribution >= 4 is 29.2 Å². The first kappa shape index (κ1) is 11.8. The van der Waals surface area contributed by atoms with Crippen LogP contribution in [0.4, 0.5) is 5.82 Å². The Morgan fingerprint density at radius 3 is 3.06 bits per heavy atom. The standard InChI is InChI=1S/C10H11ClN4O2/c11-6-2-1-3-12-9(6)15-10(17)7-4-14-8(16)5-13-7/h1-3,7,13H,4-5H2,(H,14,16)(H,12,15,17). The van der Waals surface area contributed by atoms with Gasteiger partial charge in [-0.1, -0.05) is 11.6 Å². The van der Waals surface area contributed by atoms with Gasteiger partial charge in [0.15, 0.2) is 5.82 Å². The number of aromatic nitrogens is 1. The number of nitrogens with zero attached hydrogens (tertiary/aromatic N) is 1. The first-order valence-corrected chi connectivity index (χ1v) is 5.46. The Hall–Kier alpha value is -1.66. The van der Waals surface area contributed by atoms with Crippen molar-refractivity contribution in [3.63, 3.8) is 0 Å². The van der Waals surface area contributed by atoms with E-state index >= 15 is 0 Å². The zero-order chi connectivity index (χ0) is 12.3. The van der Waals surface area contributed by atoms with Crippen LogP contribution in [0.5, 0.6) is 0 Å². The topological polar surface area (TPSA) is 83.1 Å². The van der Waals surface area contributed by atoms with Crippen LogP contribution >= 0.6 is 11.6 Å². The second-order valence-electron chi connectivity index (χ2n) is 3.56. The number of hydrogen-bond donors (Lipinski definition) is 3. The molecule has 0 spiro atoms. The number of hydrogen-bond acceptors (Lipinski definition) is 4. The summed E-state index contributed by atoms with van der Waals surface area (Å²) in [5.41, 5.74) is 0. The minimum atomic E-state index is -0.467. The van der Waals surface area contributed by atoms with Crippen molar-refractivity contribution in [2.24, 2.45) is 0 Å². The molecule has 0 aromatic carbocycles. The van der Waals surface area contributed by atoms with Crippen LogP contribution in [0, 0.1) is 0 Å². The largest absolute Gasteiger partial charge is 0.353 e. The fraction of sp³-hybridized carbons (Fsp3) is 0.300. The lowest BCUT2D eigenvalue weighted by atomic mass is 10.2. The molecule has 2 rings (SSSR count). The summed E-state index contributed by atoms with van der Waals surface area (Å²) < 4.78 is 0. The van der Waals surface area contributed by atoms with Gasteiger partial charge in [0.1, 0.15) is 6.04 Å². The molecule has 1 fully saturated rings. The van der Waals surface area contributed by atoms with E-state index in [1.807, 2.05) is 0 Å². The Balaban J connectivity index is 1.98. The monoisotopic (exact) mass is 254 g/mol. The first-order chi connectivity index (χ1) is 8.16. The zero-order valence-corrected chi connectivity index (χ0v) is 9.62. The van der Waals surface area contributed by atoms with Gasteiger partial charge in [-0.15, -0.1) is 0 Å². The maximum atomic E-state index is 11.8. The van der Waals surface area contributed by atoms with E-state index in [0.717, 1.165) is 0 Å². The molecule has 2 heterocycles. The van der Waals surface area contributed by atoms with Crippen molar-refractivity contribution in [3.05, 3.63) is 23.4 Å². The first-order valence-electron chi connectivity index (χ1n) is 5.08. The number of pyridine rings is 1. The van der Waals surface area contributed by atoms with Crippen LogP contribution in [0.25, 0.3) is 0 Å². The fourth-order valence-corrected chi connectivity index (χ4v) is 1.60. The molecule has 90 valence electrons. The predicted octanol–water partition coefficient (Wildman–Crippen LogP) is -0.239. The molecular weight excluding hydrogens is 244 g/mol. The van der Waals surface area contributed by atoms with Crippen LogP contribution in [-0.2, 0) is 9.59 Å². The number of nitrogens with one attached hydrogen (secondary N) is 3. The van der Waals surface area contributed by atoms with Gasteiger partial charge in [-0.2, -0.15) is 0 Å². The molecule has 0 bridgehead atoms. The van der Waals surface area contributed by atoms with E-state index in [2.05, 4.69) is 20.9 Å². The Morgan fingerprint density at radius 2 is 2.41 bits per heavy atom. The van der Waals surface area contributed by atoms with Gasteiger partial charge in [0.05, 0.1) is 11.6 Å². The maximum absolute atomic E-state index is 11.8. The molecular formula is C10H11ClN4O2. The smallest absolute Gasteiger partial charge is 0.244 e. The number of rotatable bonds is 2. The molecule has 17 heavy (non-hydrogen) atoms. The number of carbonyl (C=O) groups excluding carboxylic acids is 2. The average molecular weight is 255 g/mol. The molecule has 1 aromatic heterocycles. The van der Waals surface area contributed by atoms with Gasteiger partial charge in [0.2, 0.25) is 11.8 Å². The molecule has 1 aliphatic heterocycles. The molecule has 1 aliphatic rings. The number of anilines is 1. The summed E-state index contributed by atoms with van der Waals surface area (Å²) in [5.74, 6) is -0.0756. The van der Waals surface area contributed by atoms with Gasteiger partial charge >= 0.3 is 0 Å². The average Bonchev–Trinajstić information content (AvgIpc) is 2.33. The van der Waals surface area contributed by atoms with Gasteiger partial charge in [-0.05, 0) is 12.1 Å². The maximum Gasteiger partial charge on any atom is 0.244 e. The van der Waals surface area contributed by atoms with Gasteiger partial charge in [-0.25, -0.2) is 4.98 Å². The Labute approximate surface area is 103 Å². The van der Waals surface area contributed by atoms with Gasteiger partial charge in [0, 0.05) is 12.7 Å². The van der Waals surface area contributed by atoms with E-state index in [-0.39, 0.29) is 24.9 Å². The van der Waals surface area contributed by atoms with E-state index < -0.39 is 6.04 Å². The van der Waals surface area contributed by atoms with E-state index in [1.54, 1.807) is 12.1 Å². The molecule has 6 nitrogen and oxygen atoms in total. The van der Waals surface area contributed by atoms with Crippen molar-refractivity contribution in [2.75, 3.05) is 18.4 Å². The molecule has 0 radical (unpaired) electrons. The minimum absolute atomic E-state index is 0.120. The van der Waals surface area contributed by atoms with E-state index in [9.17, 15) is 9.59 Å². The lowest BCUT2D eigenvalue weighted by molar-refractivity contribution is -0.124. The number of carbonyl (C=O) groups is 2. The van der Waals surface area contributed by atoms with Crippen LogP contribution in [0.3, 0.4) is 0 Å². The third-order valence-corrected chi connectivity index (χ3v) is 2.63. The second kappa shape index (κ2) is 5.11. The highest BCUT2D eigenvalue weighted by Gasteiger charge is 2.24. The number of piperazine rings is 1. The molecule has 1 unspecified atom stereocenters. The highest BCUT2D eigenvalue weighted by molar-refractivity contribution is 6.33. The zero-order valence-electron chi connectivity index (χ0n) is 8.87. The summed E-state index contributed by atoms with van der Waals surface area (Å²) in [5, 5.41) is 8.39. The summed E-state index contributed by atoms with van der Waals surface area (Å²) in [6.45, 7) is 0.392. The lowest BCUT2D eigenvalue weighted by Crippen LogP contribution is -2.56. The quantitative estimate of drug-likeness (QED) is 0.680. The fourth-order valence-electron chi connectivity index (χ4n) is 1.43. The van der Waals surface area contributed by atoms with Crippen molar-refractivity contribution in [1.82, 2.24) is 15.6 Å². The van der Waals surface area contributed by atoms with Crippen LogP contribution in [0.2, 0.25) is 5.02 Å².